The molecule has 1 N–H and O–H groups in total. The van der Waals surface area contributed by atoms with Crippen molar-refractivity contribution in [2.75, 3.05) is 44.6 Å². The lowest BCUT2D eigenvalue weighted by Gasteiger charge is -2.35. The number of hydrogen-bond acceptors (Lipinski definition) is 4. The molecule has 0 bridgehead atoms. The van der Waals surface area contributed by atoms with Crippen molar-refractivity contribution >= 4 is 17.5 Å². The summed E-state index contributed by atoms with van der Waals surface area (Å²) in [5, 5.41) is 2.97. The largest absolute Gasteiger partial charge is 0.368 e. The van der Waals surface area contributed by atoms with Crippen LogP contribution in [0, 0.1) is 0 Å². The number of piperazine rings is 1. The topological polar surface area (TPSA) is 61.9 Å². The number of benzene rings is 2. The van der Waals surface area contributed by atoms with Crippen LogP contribution in [0.4, 0.5) is 5.69 Å². The van der Waals surface area contributed by atoms with Crippen LogP contribution in [0.3, 0.4) is 0 Å². The van der Waals surface area contributed by atoms with Gasteiger partial charge in [-0.3, -0.25) is 14.5 Å². The van der Waals surface area contributed by atoms with Crippen molar-refractivity contribution in [1.82, 2.24) is 9.80 Å². The van der Waals surface area contributed by atoms with E-state index in [2.05, 4.69) is 22.3 Å². The third-order valence-corrected chi connectivity index (χ3v) is 5.53. The Hall–Kier alpha value is -2.70. The lowest BCUT2D eigenvalue weighted by Crippen LogP contribution is -2.52. The molecule has 2 amide bonds. The van der Waals surface area contributed by atoms with Gasteiger partial charge in [-0.05, 0) is 36.1 Å². The molecule has 29 heavy (non-hydrogen) atoms. The Morgan fingerprint density at radius 3 is 2.28 bits per heavy atom. The maximum absolute atomic E-state index is 12.4. The van der Waals surface area contributed by atoms with Crippen LogP contribution >= 0.6 is 0 Å². The van der Waals surface area contributed by atoms with Crippen LogP contribution in [0.2, 0.25) is 0 Å². The molecule has 2 aliphatic rings. The van der Waals surface area contributed by atoms with Crippen molar-refractivity contribution in [3.8, 4) is 11.1 Å². The smallest absolute Gasteiger partial charge is 0.251 e. The zero-order valence-electron chi connectivity index (χ0n) is 16.5. The van der Waals surface area contributed by atoms with Crippen molar-refractivity contribution in [1.29, 1.82) is 0 Å². The zero-order valence-corrected chi connectivity index (χ0v) is 16.5. The van der Waals surface area contributed by atoms with Crippen molar-refractivity contribution in [2.45, 2.75) is 18.9 Å². The molecule has 2 saturated heterocycles. The second-order valence-electron chi connectivity index (χ2n) is 7.59. The molecule has 0 aliphatic carbocycles. The Bertz CT molecular complexity index is 824. The second-order valence-corrected chi connectivity index (χ2v) is 7.59. The molecule has 1 atom stereocenters. The summed E-state index contributed by atoms with van der Waals surface area (Å²) in [4.78, 5) is 28.8. The fraction of sp³-hybridized carbons (Fsp3) is 0.391. The molecule has 0 radical (unpaired) electrons. The van der Waals surface area contributed by atoms with Crippen LogP contribution in [0.15, 0.2) is 54.6 Å². The van der Waals surface area contributed by atoms with Crippen molar-refractivity contribution < 1.29 is 14.3 Å². The van der Waals surface area contributed by atoms with E-state index in [-0.39, 0.29) is 17.9 Å². The predicted octanol–water partition coefficient (Wildman–Crippen LogP) is 2.62. The number of carbonyl (C=O) groups is 2. The summed E-state index contributed by atoms with van der Waals surface area (Å²) in [5.74, 6) is 0.0708. The van der Waals surface area contributed by atoms with Crippen LogP contribution in [-0.4, -0.2) is 67.0 Å². The lowest BCUT2D eigenvalue weighted by atomic mass is 10.1. The number of nitrogens with one attached hydrogen (secondary N) is 1. The van der Waals surface area contributed by atoms with Gasteiger partial charge in [-0.2, -0.15) is 0 Å². The minimum absolute atomic E-state index is 0.0311. The van der Waals surface area contributed by atoms with E-state index in [9.17, 15) is 9.59 Å². The van der Waals surface area contributed by atoms with Crippen LogP contribution in [-0.2, 0) is 14.3 Å². The number of ether oxygens (including phenoxy) is 1. The predicted molar refractivity (Wildman–Crippen MR) is 113 cm³/mol. The van der Waals surface area contributed by atoms with E-state index in [0.717, 1.165) is 29.7 Å². The molecule has 2 fully saturated rings. The molecule has 152 valence electrons. The summed E-state index contributed by atoms with van der Waals surface area (Å²) in [6.45, 7) is 3.73. The van der Waals surface area contributed by atoms with Crippen molar-refractivity contribution in [3.63, 3.8) is 0 Å². The third kappa shape index (κ3) is 5.02. The molecular weight excluding hydrogens is 366 g/mol. The highest BCUT2D eigenvalue weighted by Gasteiger charge is 2.30. The first kappa shape index (κ1) is 19.6. The van der Waals surface area contributed by atoms with E-state index >= 15 is 0 Å². The first-order chi connectivity index (χ1) is 14.2. The van der Waals surface area contributed by atoms with Crippen LogP contribution in [0.25, 0.3) is 11.1 Å². The first-order valence-corrected chi connectivity index (χ1v) is 10.3. The van der Waals surface area contributed by atoms with E-state index in [1.807, 2.05) is 47.4 Å². The summed E-state index contributed by atoms with van der Waals surface area (Å²) < 4.78 is 5.49. The van der Waals surface area contributed by atoms with Crippen molar-refractivity contribution in [3.05, 3.63) is 54.6 Å². The number of nitrogens with zero attached hydrogens (tertiary/aromatic N) is 2. The molecule has 0 spiro atoms. The Labute approximate surface area is 171 Å². The summed E-state index contributed by atoms with van der Waals surface area (Å²) in [6.07, 6.45) is 1.52. The van der Waals surface area contributed by atoms with Gasteiger partial charge < -0.3 is 15.0 Å². The van der Waals surface area contributed by atoms with Gasteiger partial charge in [-0.25, -0.2) is 0 Å². The highest BCUT2D eigenvalue weighted by atomic mass is 16.5. The molecular formula is C23H27N3O3. The molecule has 0 saturated carbocycles. The van der Waals surface area contributed by atoms with E-state index in [0.29, 0.717) is 39.3 Å². The SMILES string of the molecule is O=C(CN1CCN(C(=O)C2CCCO2)CC1)Nc1ccc(-c2ccccc2)cc1. The van der Waals surface area contributed by atoms with Crippen LogP contribution in [0.1, 0.15) is 12.8 Å². The van der Waals surface area contributed by atoms with Gasteiger partial charge in [0.2, 0.25) is 5.91 Å². The van der Waals surface area contributed by atoms with Gasteiger partial charge in [-0.15, -0.1) is 0 Å². The van der Waals surface area contributed by atoms with Crippen LogP contribution in [0.5, 0.6) is 0 Å². The average Bonchev–Trinajstić information content (AvgIpc) is 3.30. The maximum atomic E-state index is 12.4. The molecule has 6 heteroatoms. The van der Waals surface area contributed by atoms with E-state index in [4.69, 9.17) is 4.74 Å². The Morgan fingerprint density at radius 2 is 1.62 bits per heavy atom. The minimum Gasteiger partial charge on any atom is -0.368 e. The van der Waals surface area contributed by atoms with Gasteiger partial charge in [0.05, 0.1) is 6.54 Å². The van der Waals surface area contributed by atoms with E-state index in [1.165, 1.54) is 0 Å². The van der Waals surface area contributed by atoms with E-state index in [1.54, 1.807) is 0 Å². The van der Waals surface area contributed by atoms with Gasteiger partial charge in [0.25, 0.3) is 5.91 Å². The van der Waals surface area contributed by atoms with Crippen molar-refractivity contribution in [2.24, 2.45) is 0 Å². The van der Waals surface area contributed by atoms with Gasteiger partial charge in [0, 0.05) is 38.5 Å². The second kappa shape index (κ2) is 9.20. The molecule has 2 aromatic carbocycles. The summed E-state index contributed by atoms with van der Waals surface area (Å²) in [7, 11) is 0. The first-order valence-electron chi connectivity index (χ1n) is 10.3. The number of hydrogen-bond donors (Lipinski definition) is 1. The molecule has 2 aromatic rings. The fourth-order valence-corrected chi connectivity index (χ4v) is 3.88. The molecule has 0 aromatic heterocycles. The highest BCUT2D eigenvalue weighted by Crippen LogP contribution is 2.21. The monoisotopic (exact) mass is 393 g/mol. The lowest BCUT2D eigenvalue weighted by molar-refractivity contribution is -0.142. The Morgan fingerprint density at radius 1 is 0.931 bits per heavy atom. The molecule has 2 heterocycles. The number of amides is 2. The quantitative estimate of drug-likeness (QED) is 0.848. The standard InChI is InChI=1S/C23H27N3O3/c27-22(24-20-10-8-19(9-11-20)18-5-2-1-3-6-18)17-25-12-14-26(15-13-25)23(28)21-7-4-16-29-21/h1-3,5-6,8-11,21H,4,7,12-17H2,(H,24,27). The number of carbonyl (C=O) groups excluding carboxylic acids is 2. The van der Waals surface area contributed by atoms with Gasteiger partial charge in [0.15, 0.2) is 0 Å². The van der Waals surface area contributed by atoms with E-state index < -0.39 is 0 Å². The maximum Gasteiger partial charge on any atom is 0.251 e. The Kier molecular flexibility index (Phi) is 6.22. The molecule has 1 unspecified atom stereocenters. The third-order valence-electron chi connectivity index (χ3n) is 5.53. The normalized spacial score (nSPS) is 19.9. The van der Waals surface area contributed by atoms with Gasteiger partial charge >= 0.3 is 0 Å². The fourth-order valence-electron chi connectivity index (χ4n) is 3.88. The summed E-state index contributed by atoms with van der Waals surface area (Å²) in [5.41, 5.74) is 3.07. The average molecular weight is 393 g/mol. The molecule has 4 rings (SSSR count). The van der Waals surface area contributed by atoms with Gasteiger partial charge in [-0.1, -0.05) is 42.5 Å². The summed E-state index contributed by atoms with van der Waals surface area (Å²) >= 11 is 0. The molecule has 6 nitrogen and oxygen atoms in total. The number of rotatable bonds is 5. The zero-order chi connectivity index (χ0) is 20.1. The molecule has 2 aliphatic heterocycles. The number of anilines is 1. The highest BCUT2D eigenvalue weighted by molar-refractivity contribution is 5.92. The minimum atomic E-state index is -0.260. The summed E-state index contributed by atoms with van der Waals surface area (Å²) in [6, 6.07) is 18.0. The van der Waals surface area contributed by atoms with Crippen LogP contribution < -0.4 is 5.32 Å². The van der Waals surface area contributed by atoms with Gasteiger partial charge in [0.1, 0.15) is 6.10 Å². The Balaban J connectivity index is 1.23.